The second-order valence-corrected chi connectivity index (χ2v) is 5.01. The Hall–Kier alpha value is -0.900. The summed E-state index contributed by atoms with van der Waals surface area (Å²) in [5.74, 6) is -0.167. The lowest BCUT2D eigenvalue weighted by atomic mass is 10.1. The van der Waals surface area contributed by atoms with Gasteiger partial charge in [-0.1, -0.05) is 22.0 Å². The number of hydrogen-bond acceptors (Lipinski definition) is 1. The average Bonchev–Trinajstić information content (AvgIpc) is 2.72. The van der Waals surface area contributed by atoms with Crippen molar-refractivity contribution in [2.24, 2.45) is 0 Å². The highest BCUT2D eigenvalue weighted by molar-refractivity contribution is 9.09. The Morgan fingerprint density at radius 1 is 1.41 bits per heavy atom. The Morgan fingerprint density at radius 2 is 2.24 bits per heavy atom. The van der Waals surface area contributed by atoms with Crippen LogP contribution in [0.1, 0.15) is 24.8 Å². The van der Waals surface area contributed by atoms with Crippen LogP contribution in [0.3, 0.4) is 0 Å². The lowest BCUT2D eigenvalue weighted by Crippen LogP contribution is -2.28. The number of hydrogen-bond donors (Lipinski definition) is 0. The van der Waals surface area contributed by atoms with Crippen molar-refractivity contribution in [3.05, 3.63) is 29.6 Å². The maximum absolute atomic E-state index is 13.2. The normalized spacial score (nSPS) is 13.9. The average molecular weight is 300 g/mol. The van der Waals surface area contributed by atoms with E-state index in [-0.39, 0.29) is 11.7 Å². The first kappa shape index (κ1) is 12.6. The Balaban J connectivity index is 2.05. The fraction of sp³-hybridized carbons (Fsp3) is 0.462. The number of nitrogens with zero attached hydrogens (tertiary/aromatic N) is 1. The molecule has 92 valence electrons. The van der Waals surface area contributed by atoms with Gasteiger partial charge in [-0.05, 0) is 37.0 Å². The topological polar surface area (TPSA) is 20.3 Å². The molecule has 0 aliphatic carbocycles. The van der Waals surface area contributed by atoms with E-state index in [1.165, 1.54) is 12.1 Å². The fourth-order valence-corrected chi connectivity index (χ4v) is 2.51. The molecule has 17 heavy (non-hydrogen) atoms. The fourth-order valence-electron chi connectivity index (χ4n) is 2.12. The molecule has 0 saturated heterocycles. The SMILES string of the molecule is O=C(CCCCBr)N1CCc2ccc(F)cc21. The van der Waals surface area contributed by atoms with Gasteiger partial charge < -0.3 is 4.90 Å². The quantitative estimate of drug-likeness (QED) is 0.617. The molecule has 0 atom stereocenters. The van der Waals surface area contributed by atoms with Gasteiger partial charge in [0.1, 0.15) is 5.82 Å². The molecule has 0 bridgehead atoms. The molecule has 1 heterocycles. The second-order valence-electron chi connectivity index (χ2n) is 4.21. The van der Waals surface area contributed by atoms with Gasteiger partial charge in [0.15, 0.2) is 0 Å². The molecule has 2 nitrogen and oxygen atoms in total. The largest absolute Gasteiger partial charge is 0.312 e. The molecule has 1 aromatic rings. The zero-order valence-electron chi connectivity index (χ0n) is 9.59. The molecule has 1 amide bonds. The molecule has 0 fully saturated rings. The molecule has 0 unspecified atom stereocenters. The molecule has 0 radical (unpaired) electrons. The van der Waals surface area contributed by atoms with Gasteiger partial charge in [-0.2, -0.15) is 0 Å². The van der Waals surface area contributed by atoms with E-state index in [4.69, 9.17) is 0 Å². The van der Waals surface area contributed by atoms with Crippen molar-refractivity contribution in [3.8, 4) is 0 Å². The minimum Gasteiger partial charge on any atom is -0.312 e. The highest BCUT2D eigenvalue weighted by Gasteiger charge is 2.24. The minimum absolute atomic E-state index is 0.107. The number of anilines is 1. The van der Waals surface area contributed by atoms with E-state index < -0.39 is 0 Å². The van der Waals surface area contributed by atoms with Crippen molar-refractivity contribution < 1.29 is 9.18 Å². The first-order chi connectivity index (χ1) is 8.22. The third-order valence-electron chi connectivity index (χ3n) is 3.02. The van der Waals surface area contributed by atoms with E-state index in [1.54, 1.807) is 11.0 Å². The van der Waals surface area contributed by atoms with Gasteiger partial charge >= 0.3 is 0 Å². The van der Waals surface area contributed by atoms with Crippen molar-refractivity contribution in [2.45, 2.75) is 25.7 Å². The summed E-state index contributed by atoms with van der Waals surface area (Å²) in [6.45, 7) is 0.686. The number of amides is 1. The number of alkyl halides is 1. The van der Waals surface area contributed by atoms with Gasteiger partial charge in [0.25, 0.3) is 0 Å². The molecule has 1 aromatic carbocycles. The number of halogens is 2. The maximum Gasteiger partial charge on any atom is 0.226 e. The van der Waals surface area contributed by atoms with Crippen LogP contribution >= 0.6 is 15.9 Å². The molecule has 0 saturated carbocycles. The number of carbonyl (C=O) groups excluding carboxylic acids is 1. The van der Waals surface area contributed by atoms with Crippen molar-refractivity contribution in [2.75, 3.05) is 16.8 Å². The summed E-state index contributed by atoms with van der Waals surface area (Å²) in [7, 11) is 0. The summed E-state index contributed by atoms with van der Waals surface area (Å²) in [5, 5.41) is 0.922. The Bertz CT molecular complexity index is 422. The van der Waals surface area contributed by atoms with Crippen molar-refractivity contribution in [1.82, 2.24) is 0 Å². The van der Waals surface area contributed by atoms with Crippen LogP contribution < -0.4 is 4.90 Å². The van der Waals surface area contributed by atoms with Gasteiger partial charge in [0, 0.05) is 24.0 Å². The van der Waals surface area contributed by atoms with Crippen LogP contribution in [0.25, 0.3) is 0 Å². The summed E-state index contributed by atoms with van der Waals surface area (Å²) in [6, 6.07) is 4.69. The van der Waals surface area contributed by atoms with Gasteiger partial charge in [0.2, 0.25) is 5.91 Å². The summed E-state index contributed by atoms with van der Waals surface area (Å²) < 4.78 is 13.2. The second kappa shape index (κ2) is 5.63. The first-order valence-corrected chi connectivity index (χ1v) is 6.99. The van der Waals surface area contributed by atoms with Crippen molar-refractivity contribution in [1.29, 1.82) is 0 Å². The Labute approximate surface area is 109 Å². The summed E-state index contributed by atoms with van der Waals surface area (Å²) in [6.07, 6.45) is 3.25. The molecule has 1 aliphatic rings. The van der Waals surface area contributed by atoms with Crippen LogP contribution in [-0.4, -0.2) is 17.8 Å². The summed E-state index contributed by atoms with van der Waals surface area (Å²) in [4.78, 5) is 13.7. The maximum atomic E-state index is 13.2. The molecule has 2 rings (SSSR count). The third kappa shape index (κ3) is 2.86. The third-order valence-corrected chi connectivity index (χ3v) is 3.58. The van der Waals surface area contributed by atoms with E-state index >= 15 is 0 Å². The highest BCUT2D eigenvalue weighted by Crippen LogP contribution is 2.29. The van der Waals surface area contributed by atoms with E-state index in [9.17, 15) is 9.18 Å². The van der Waals surface area contributed by atoms with Gasteiger partial charge in [-0.15, -0.1) is 0 Å². The van der Waals surface area contributed by atoms with Crippen LogP contribution in [0.4, 0.5) is 10.1 Å². The van der Waals surface area contributed by atoms with Crippen LogP contribution in [-0.2, 0) is 11.2 Å². The van der Waals surface area contributed by atoms with E-state index in [0.29, 0.717) is 13.0 Å². The van der Waals surface area contributed by atoms with Crippen molar-refractivity contribution in [3.63, 3.8) is 0 Å². The molecular formula is C13H15BrFNO. The standard InChI is InChI=1S/C13H15BrFNO/c14-7-2-1-3-13(17)16-8-6-10-4-5-11(15)9-12(10)16/h4-5,9H,1-3,6-8H2. The minimum atomic E-state index is -0.274. The smallest absolute Gasteiger partial charge is 0.226 e. The van der Waals surface area contributed by atoms with Gasteiger partial charge in [0.05, 0.1) is 0 Å². The number of fused-ring (bicyclic) bond motifs is 1. The summed E-state index contributed by atoms with van der Waals surface area (Å²) >= 11 is 3.34. The first-order valence-electron chi connectivity index (χ1n) is 5.87. The van der Waals surface area contributed by atoms with E-state index in [1.807, 2.05) is 0 Å². The molecule has 1 aliphatic heterocycles. The Kier molecular flexibility index (Phi) is 4.15. The molecule has 4 heteroatoms. The summed E-state index contributed by atoms with van der Waals surface area (Å²) in [5.41, 5.74) is 1.83. The molecular weight excluding hydrogens is 285 g/mol. The van der Waals surface area contributed by atoms with Crippen LogP contribution in [0.15, 0.2) is 18.2 Å². The zero-order chi connectivity index (χ0) is 12.3. The number of unbranched alkanes of at least 4 members (excludes halogenated alkanes) is 1. The number of rotatable bonds is 4. The van der Waals surface area contributed by atoms with Crippen LogP contribution in [0.5, 0.6) is 0 Å². The molecule has 0 spiro atoms. The predicted octanol–water partition coefficient (Wildman–Crippen LogP) is 3.28. The Morgan fingerprint density at radius 3 is 3.00 bits per heavy atom. The predicted molar refractivity (Wildman–Crippen MR) is 70.1 cm³/mol. The lowest BCUT2D eigenvalue weighted by molar-refractivity contribution is -0.118. The number of benzene rings is 1. The monoisotopic (exact) mass is 299 g/mol. The lowest BCUT2D eigenvalue weighted by Gasteiger charge is -2.17. The van der Waals surface area contributed by atoms with Gasteiger partial charge in [-0.25, -0.2) is 4.39 Å². The number of carbonyl (C=O) groups is 1. The van der Waals surface area contributed by atoms with E-state index in [2.05, 4.69) is 15.9 Å². The van der Waals surface area contributed by atoms with E-state index in [0.717, 1.165) is 35.8 Å². The van der Waals surface area contributed by atoms with Crippen LogP contribution in [0.2, 0.25) is 0 Å². The van der Waals surface area contributed by atoms with Crippen LogP contribution in [0, 0.1) is 5.82 Å². The van der Waals surface area contributed by atoms with Crippen molar-refractivity contribution >= 4 is 27.5 Å². The molecule has 0 N–H and O–H groups in total. The molecule has 0 aromatic heterocycles. The van der Waals surface area contributed by atoms with Gasteiger partial charge in [-0.3, -0.25) is 4.79 Å². The zero-order valence-corrected chi connectivity index (χ0v) is 11.2. The highest BCUT2D eigenvalue weighted by atomic mass is 79.9.